The van der Waals surface area contributed by atoms with Crippen molar-refractivity contribution in [3.05, 3.63) is 24.4 Å². The van der Waals surface area contributed by atoms with E-state index in [2.05, 4.69) is 23.6 Å². The van der Waals surface area contributed by atoms with Gasteiger partial charge >= 0.3 is 0 Å². The van der Waals surface area contributed by atoms with Crippen molar-refractivity contribution in [3.8, 4) is 0 Å². The van der Waals surface area contributed by atoms with Gasteiger partial charge in [0.25, 0.3) is 0 Å². The lowest BCUT2D eigenvalue weighted by Crippen LogP contribution is -1.92. The minimum atomic E-state index is 0.205. The summed E-state index contributed by atoms with van der Waals surface area (Å²) in [5.74, 6) is 1.55. The summed E-state index contributed by atoms with van der Waals surface area (Å²) in [7, 11) is 0. The van der Waals surface area contributed by atoms with Crippen molar-refractivity contribution in [1.29, 1.82) is 0 Å². The second-order valence-corrected chi connectivity index (χ2v) is 2.43. The molecule has 0 N–H and O–H groups in total. The zero-order valence-electron chi connectivity index (χ0n) is 6.87. The van der Waals surface area contributed by atoms with Gasteiger partial charge in [0, 0.05) is 0 Å². The Bertz CT molecular complexity index is 242. The topological polar surface area (TPSA) is 38.9 Å². The molecule has 0 amide bonds. The Morgan fingerprint density at radius 3 is 2.82 bits per heavy atom. The second-order valence-electron chi connectivity index (χ2n) is 2.43. The SMILES string of the molecule is C=CC(CC)c1nc(C)no1. The summed E-state index contributed by atoms with van der Waals surface area (Å²) in [5.41, 5.74) is 0. The van der Waals surface area contributed by atoms with Crippen LogP contribution in [0.1, 0.15) is 31.0 Å². The molecular formula is C8H12N2O. The third kappa shape index (κ3) is 1.67. The van der Waals surface area contributed by atoms with E-state index >= 15 is 0 Å². The molecule has 1 rings (SSSR count). The van der Waals surface area contributed by atoms with Crippen LogP contribution in [0, 0.1) is 6.92 Å². The first-order valence-electron chi connectivity index (χ1n) is 3.70. The maximum atomic E-state index is 4.98. The molecular weight excluding hydrogens is 140 g/mol. The molecule has 1 heterocycles. The van der Waals surface area contributed by atoms with Gasteiger partial charge in [-0.1, -0.05) is 18.2 Å². The summed E-state index contributed by atoms with van der Waals surface area (Å²) >= 11 is 0. The Morgan fingerprint density at radius 2 is 2.45 bits per heavy atom. The van der Waals surface area contributed by atoms with Crippen molar-refractivity contribution in [2.75, 3.05) is 0 Å². The van der Waals surface area contributed by atoms with Gasteiger partial charge in [0.15, 0.2) is 5.82 Å². The summed E-state index contributed by atoms with van der Waals surface area (Å²) in [4.78, 5) is 4.10. The Labute approximate surface area is 66.1 Å². The van der Waals surface area contributed by atoms with Crippen molar-refractivity contribution in [1.82, 2.24) is 10.1 Å². The van der Waals surface area contributed by atoms with E-state index in [4.69, 9.17) is 4.52 Å². The lowest BCUT2D eigenvalue weighted by Gasteiger charge is -2.00. The third-order valence-electron chi connectivity index (χ3n) is 1.58. The summed E-state index contributed by atoms with van der Waals surface area (Å²) in [6, 6.07) is 0. The van der Waals surface area contributed by atoms with Gasteiger partial charge in [0.2, 0.25) is 5.89 Å². The molecule has 1 aromatic rings. The monoisotopic (exact) mass is 152 g/mol. The maximum absolute atomic E-state index is 4.98. The van der Waals surface area contributed by atoms with E-state index in [9.17, 15) is 0 Å². The molecule has 0 aromatic carbocycles. The van der Waals surface area contributed by atoms with E-state index in [-0.39, 0.29) is 5.92 Å². The lowest BCUT2D eigenvalue weighted by atomic mass is 10.1. The normalized spacial score (nSPS) is 12.9. The molecule has 0 aliphatic heterocycles. The van der Waals surface area contributed by atoms with E-state index in [0.29, 0.717) is 11.7 Å². The second kappa shape index (κ2) is 3.32. The third-order valence-corrected chi connectivity index (χ3v) is 1.58. The molecule has 0 saturated carbocycles. The molecule has 1 aromatic heterocycles. The van der Waals surface area contributed by atoms with Gasteiger partial charge in [-0.3, -0.25) is 0 Å². The Morgan fingerprint density at radius 1 is 1.73 bits per heavy atom. The first-order chi connectivity index (χ1) is 5.27. The van der Waals surface area contributed by atoms with Gasteiger partial charge in [-0.25, -0.2) is 0 Å². The predicted octanol–water partition coefficient (Wildman–Crippen LogP) is 2.06. The standard InChI is InChI=1S/C8H12N2O/c1-4-7(5-2)8-9-6(3)10-11-8/h4,7H,1,5H2,2-3H3. The van der Waals surface area contributed by atoms with Gasteiger partial charge in [-0.05, 0) is 13.3 Å². The average Bonchev–Trinajstić information content (AvgIpc) is 2.39. The summed E-state index contributed by atoms with van der Waals surface area (Å²) in [6.07, 6.45) is 2.78. The molecule has 0 radical (unpaired) electrons. The van der Waals surface area contributed by atoms with Crippen LogP contribution in [-0.4, -0.2) is 10.1 Å². The molecule has 1 atom stereocenters. The van der Waals surface area contributed by atoms with Crippen molar-refractivity contribution >= 4 is 0 Å². The van der Waals surface area contributed by atoms with Crippen LogP contribution < -0.4 is 0 Å². The average molecular weight is 152 g/mol. The van der Waals surface area contributed by atoms with Gasteiger partial charge in [0.05, 0.1) is 5.92 Å². The highest BCUT2D eigenvalue weighted by Crippen LogP contribution is 2.17. The largest absolute Gasteiger partial charge is 0.339 e. The summed E-state index contributed by atoms with van der Waals surface area (Å²) in [6.45, 7) is 7.56. The molecule has 3 heteroatoms. The number of aromatic nitrogens is 2. The van der Waals surface area contributed by atoms with Gasteiger partial charge in [-0.2, -0.15) is 4.98 Å². The van der Waals surface area contributed by atoms with E-state index < -0.39 is 0 Å². The Kier molecular flexibility index (Phi) is 2.41. The highest BCUT2D eigenvalue weighted by molar-refractivity contribution is 5.01. The van der Waals surface area contributed by atoms with Crippen LogP contribution in [-0.2, 0) is 0 Å². The number of aryl methyl sites for hydroxylation is 1. The molecule has 1 unspecified atom stereocenters. The summed E-state index contributed by atoms with van der Waals surface area (Å²) in [5, 5.41) is 3.70. The van der Waals surface area contributed by atoms with Crippen LogP contribution in [0.2, 0.25) is 0 Å². The fraction of sp³-hybridized carbons (Fsp3) is 0.500. The smallest absolute Gasteiger partial charge is 0.233 e. The minimum Gasteiger partial charge on any atom is -0.339 e. The van der Waals surface area contributed by atoms with Crippen molar-refractivity contribution in [3.63, 3.8) is 0 Å². The Balaban J connectivity index is 2.81. The maximum Gasteiger partial charge on any atom is 0.233 e. The molecule has 3 nitrogen and oxygen atoms in total. The number of hydrogen-bond acceptors (Lipinski definition) is 3. The molecule has 0 bridgehead atoms. The van der Waals surface area contributed by atoms with Crippen LogP contribution >= 0.6 is 0 Å². The number of nitrogens with zero attached hydrogens (tertiary/aromatic N) is 2. The fourth-order valence-corrected chi connectivity index (χ4v) is 0.906. The Hall–Kier alpha value is -1.12. The zero-order chi connectivity index (χ0) is 8.27. The highest BCUT2D eigenvalue weighted by Gasteiger charge is 2.11. The van der Waals surface area contributed by atoms with Crippen LogP contribution in [0.3, 0.4) is 0 Å². The first-order valence-corrected chi connectivity index (χ1v) is 3.70. The fourth-order valence-electron chi connectivity index (χ4n) is 0.906. The van der Waals surface area contributed by atoms with Crippen molar-refractivity contribution < 1.29 is 4.52 Å². The predicted molar refractivity (Wildman–Crippen MR) is 42.3 cm³/mol. The summed E-state index contributed by atoms with van der Waals surface area (Å²) < 4.78 is 4.98. The molecule has 0 fully saturated rings. The number of allylic oxidation sites excluding steroid dienone is 1. The van der Waals surface area contributed by atoms with Crippen LogP contribution in [0.25, 0.3) is 0 Å². The van der Waals surface area contributed by atoms with E-state index in [1.165, 1.54) is 0 Å². The van der Waals surface area contributed by atoms with E-state index in [1.807, 2.05) is 13.0 Å². The van der Waals surface area contributed by atoms with E-state index in [1.54, 1.807) is 0 Å². The molecule has 0 saturated heterocycles. The first kappa shape index (κ1) is 7.98. The van der Waals surface area contributed by atoms with Gasteiger partial charge in [0.1, 0.15) is 0 Å². The van der Waals surface area contributed by atoms with Crippen LogP contribution in [0.4, 0.5) is 0 Å². The van der Waals surface area contributed by atoms with Gasteiger partial charge < -0.3 is 4.52 Å². The minimum absolute atomic E-state index is 0.205. The molecule has 60 valence electrons. The number of hydrogen-bond donors (Lipinski definition) is 0. The van der Waals surface area contributed by atoms with E-state index in [0.717, 1.165) is 6.42 Å². The van der Waals surface area contributed by atoms with Crippen LogP contribution in [0.5, 0.6) is 0 Å². The van der Waals surface area contributed by atoms with Crippen LogP contribution in [0.15, 0.2) is 17.2 Å². The zero-order valence-corrected chi connectivity index (χ0v) is 6.87. The quantitative estimate of drug-likeness (QED) is 0.622. The number of rotatable bonds is 3. The molecule has 0 aliphatic carbocycles. The molecule has 11 heavy (non-hydrogen) atoms. The van der Waals surface area contributed by atoms with Crippen molar-refractivity contribution in [2.24, 2.45) is 0 Å². The molecule has 0 aliphatic rings. The molecule has 0 spiro atoms. The van der Waals surface area contributed by atoms with Gasteiger partial charge in [-0.15, -0.1) is 6.58 Å². The highest BCUT2D eigenvalue weighted by atomic mass is 16.5. The van der Waals surface area contributed by atoms with Crippen molar-refractivity contribution in [2.45, 2.75) is 26.2 Å². The lowest BCUT2D eigenvalue weighted by molar-refractivity contribution is 0.362.